The van der Waals surface area contributed by atoms with Crippen LogP contribution < -0.4 is 16.1 Å². The number of anilines is 1. The molecule has 1 aromatic carbocycles. The van der Waals surface area contributed by atoms with Gasteiger partial charge in [0.25, 0.3) is 5.91 Å². The number of rotatable bonds is 5. The summed E-state index contributed by atoms with van der Waals surface area (Å²) in [6, 6.07) is 8.08. The number of ketones is 1. The van der Waals surface area contributed by atoms with E-state index in [1.165, 1.54) is 23.3 Å². The molecule has 12 nitrogen and oxygen atoms in total. The summed E-state index contributed by atoms with van der Waals surface area (Å²) in [4.78, 5) is 53.9. The number of carbonyl (C=O) groups is 4. The number of urea groups is 1. The van der Waals surface area contributed by atoms with Crippen molar-refractivity contribution in [2.75, 3.05) is 44.4 Å². The molecule has 0 saturated carbocycles. The normalized spacial score (nSPS) is 18.6. The van der Waals surface area contributed by atoms with Crippen LogP contribution in [-0.2, 0) is 9.53 Å². The van der Waals surface area contributed by atoms with Gasteiger partial charge < -0.3 is 20.7 Å². The van der Waals surface area contributed by atoms with Gasteiger partial charge in [0.2, 0.25) is 5.91 Å². The quantitative estimate of drug-likeness (QED) is 0.343. The Hall–Kier alpha value is -4.07. The maximum atomic E-state index is 13.9. The third kappa shape index (κ3) is 4.37. The number of primary amides is 1. The molecular formula is C26H27N7O5S. The van der Waals surface area contributed by atoms with Gasteiger partial charge in [0.1, 0.15) is 5.69 Å². The number of thiophene rings is 1. The molecular weight excluding hydrogens is 522 g/mol. The van der Waals surface area contributed by atoms with Crippen LogP contribution in [0.5, 0.6) is 0 Å². The van der Waals surface area contributed by atoms with Crippen LogP contribution in [0.25, 0.3) is 21.8 Å². The Bertz CT molecular complexity index is 1490. The average Bonchev–Trinajstić information content (AvgIpc) is 3.70. The van der Waals surface area contributed by atoms with Crippen molar-refractivity contribution in [2.24, 2.45) is 5.73 Å². The van der Waals surface area contributed by atoms with Crippen LogP contribution in [0, 0.1) is 0 Å². The van der Waals surface area contributed by atoms with E-state index in [1.807, 2.05) is 0 Å². The van der Waals surface area contributed by atoms with E-state index in [0.29, 0.717) is 89.3 Å². The first-order valence-corrected chi connectivity index (χ1v) is 13.5. The number of fused-ring (bicyclic) bond motifs is 3. The number of nitrogens with two attached hydrogens (primary N) is 1. The summed E-state index contributed by atoms with van der Waals surface area (Å²) in [6.45, 7) is 4.31. The first kappa shape index (κ1) is 25.2. The van der Waals surface area contributed by atoms with Crippen LogP contribution in [0.2, 0.25) is 0 Å². The summed E-state index contributed by atoms with van der Waals surface area (Å²) < 4.78 is 5.41. The van der Waals surface area contributed by atoms with Gasteiger partial charge in [-0.1, -0.05) is 12.1 Å². The molecule has 4 N–H and O–H groups in total. The third-order valence-corrected chi connectivity index (χ3v) is 8.26. The Balaban J connectivity index is 1.29. The number of nitrogens with zero attached hydrogens (tertiary/aromatic N) is 4. The topological polar surface area (TPSA) is 154 Å². The van der Waals surface area contributed by atoms with Gasteiger partial charge in [-0.2, -0.15) is 5.10 Å². The molecule has 202 valence electrons. The summed E-state index contributed by atoms with van der Waals surface area (Å²) in [5, 5.41) is 13.4. The van der Waals surface area contributed by atoms with E-state index in [-0.39, 0.29) is 23.6 Å². The molecule has 1 unspecified atom stereocenters. The monoisotopic (exact) mass is 549 g/mol. The van der Waals surface area contributed by atoms with E-state index in [1.54, 1.807) is 40.2 Å². The number of H-pyrrole nitrogens is 1. The number of carbonyl (C=O) groups excluding carboxylic acids is 4. The second-order valence-corrected chi connectivity index (χ2v) is 10.8. The van der Waals surface area contributed by atoms with E-state index in [2.05, 4.69) is 15.5 Å². The number of ether oxygens (including phenoxy) is 1. The van der Waals surface area contributed by atoms with Gasteiger partial charge in [0.05, 0.1) is 45.5 Å². The Morgan fingerprint density at radius 2 is 1.95 bits per heavy atom. The van der Waals surface area contributed by atoms with Gasteiger partial charge in [-0.05, 0) is 24.6 Å². The Morgan fingerprint density at radius 1 is 1.15 bits per heavy atom. The van der Waals surface area contributed by atoms with Gasteiger partial charge in [-0.25, -0.2) is 14.8 Å². The first-order chi connectivity index (χ1) is 18.8. The number of amides is 4. The summed E-state index contributed by atoms with van der Waals surface area (Å²) in [5.41, 5.74) is 8.58. The zero-order valence-corrected chi connectivity index (χ0v) is 22.0. The SMILES string of the molecule is CC(=O)NC1CCN(C(=O)c2ccc(-c3[nH]nc4c3C(=O)c3c-4cccc3N(C(N)=O)N3CCOCC3)s2)C1. The standard InChI is InChI=1S/C26H27N7O5S/c1-14(34)28-15-7-8-31(13-15)25(36)19-6-5-18(39-19)23-21-22(29-30-23)16-3-2-4-17(20(16)24(21)35)33(26(27)37)32-9-11-38-12-10-32/h2-6,15H,7-13H2,1H3,(H2,27,37)(H,28,34)(H,29,30). The zero-order valence-electron chi connectivity index (χ0n) is 21.2. The molecule has 3 aliphatic rings. The number of morpholine rings is 1. The predicted molar refractivity (Wildman–Crippen MR) is 143 cm³/mol. The molecule has 2 aromatic heterocycles. The van der Waals surface area contributed by atoms with Crippen LogP contribution in [0.15, 0.2) is 30.3 Å². The first-order valence-electron chi connectivity index (χ1n) is 12.7. The lowest BCUT2D eigenvalue weighted by Crippen LogP contribution is -2.54. The maximum Gasteiger partial charge on any atom is 0.334 e. The van der Waals surface area contributed by atoms with Crippen molar-refractivity contribution in [2.45, 2.75) is 19.4 Å². The fourth-order valence-electron chi connectivity index (χ4n) is 5.47. The number of benzene rings is 1. The molecule has 13 heteroatoms. The minimum absolute atomic E-state index is 0.0514. The highest BCUT2D eigenvalue weighted by Crippen LogP contribution is 2.45. The molecule has 2 fully saturated rings. The summed E-state index contributed by atoms with van der Waals surface area (Å²) in [5.74, 6) is -0.494. The van der Waals surface area contributed by atoms with Crippen molar-refractivity contribution in [1.82, 2.24) is 25.4 Å². The predicted octanol–water partition coefficient (Wildman–Crippen LogP) is 1.83. The number of aromatic nitrogens is 2. The van der Waals surface area contributed by atoms with Gasteiger partial charge in [-0.3, -0.25) is 19.5 Å². The Morgan fingerprint density at radius 3 is 2.69 bits per heavy atom. The Labute approximate surface area is 227 Å². The molecule has 6 rings (SSSR count). The zero-order chi connectivity index (χ0) is 27.3. The molecule has 3 aromatic rings. The van der Waals surface area contributed by atoms with Crippen molar-refractivity contribution in [3.63, 3.8) is 0 Å². The van der Waals surface area contributed by atoms with Crippen LogP contribution in [-0.4, -0.2) is 89.2 Å². The molecule has 1 aliphatic carbocycles. The summed E-state index contributed by atoms with van der Waals surface area (Å²) in [6.07, 6.45) is 0.708. The van der Waals surface area contributed by atoms with Crippen molar-refractivity contribution < 1.29 is 23.9 Å². The molecule has 4 heterocycles. The smallest absolute Gasteiger partial charge is 0.334 e. The van der Waals surface area contributed by atoms with Gasteiger partial charge in [0.15, 0.2) is 5.78 Å². The molecule has 2 saturated heterocycles. The van der Waals surface area contributed by atoms with Crippen LogP contribution >= 0.6 is 11.3 Å². The highest BCUT2D eigenvalue weighted by Gasteiger charge is 2.38. The molecule has 0 spiro atoms. The number of hydrogen-bond donors (Lipinski definition) is 3. The second-order valence-electron chi connectivity index (χ2n) is 9.67. The number of hydrogen-bond acceptors (Lipinski definition) is 8. The van der Waals surface area contributed by atoms with Crippen LogP contribution in [0.4, 0.5) is 10.5 Å². The van der Waals surface area contributed by atoms with E-state index < -0.39 is 6.03 Å². The largest absolute Gasteiger partial charge is 0.379 e. The lowest BCUT2D eigenvalue weighted by molar-refractivity contribution is -0.119. The molecule has 0 radical (unpaired) electrons. The highest BCUT2D eigenvalue weighted by molar-refractivity contribution is 7.17. The summed E-state index contributed by atoms with van der Waals surface area (Å²) >= 11 is 1.28. The third-order valence-electron chi connectivity index (χ3n) is 7.17. The molecule has 1 atom stereocenters. The number of nitrogens with one attached hydrogen (secondary N) is 2. The van der Waals surface area contributed by atoms with Crippen molar-refractivity contribution in [1.29, 1.82) is 0 Å². The minimum atomic E-state index is -0.687. The summed E-state index contributed by atoms with van der Waals surface area (Å²) in [7, 11) is 0. The van der Waals surface area contributed by atoms with Gasteiger partial charge in [-0.15, -0.1) is 11.3 Å². The van der Waals surface area contributed by atoms with E-state index in [9.17, 15) is 19.2 Å². The maximum absolute atomic E-state index is 13.9. The lowest BCUT2D eigenvalue weighted by atomic mass is 10.1. The molecule has 0 bridgehead atoms. The second kappa shape index (κ2) is 9.91. The molecule has 2 aliphatic heterocycles. The number of hydrazine groups is 1. The van der Waals surface area contributed by atoms with E-state index in [0.717, 1.165) is 0 Å². The van der Waals surface area contributed by atoms with Crippen molar-refractivity contribution in [3.05, 3.63) is 46.3 Å². The van der Waals surface area contributed by atoms with E-state index >= 15 is 0 Å². The van der Waals surface area contributed by atoms with Crippen LogP contribution in [0.1, 0.15) is 38.9 Å². The number of likely N-dealkylation sites (tertiary alicyclic amines) is 1. The fraction of sp³-hybridized carbons (Fsp3) is 0.346. The van der Waals surface area contributed by atoms with Gasteiger partial charge in [0, 0.05) is 44.7 Å². The lowest BCUT2D eigenvalue weighted by Gasteiger charge is -2.36. The van der Waals surface area contributed by atoms with E-state index in [4.69, 9.17) is 10.5 Å². The molecule has 39 heavy (non-hydrogen) atoms. The highest BCUT2D eigenvalue weighted by atomic mass is 32.1. The van der Waals surface area contributed by atoms with Crippen LogP contribution in [0.3, 0.4) is 0 Å². The fourth-order valence-corrected chi connectivity index (χ4v) is 6.45. The molecule has 4 amide bonds. The number of aromatic amines is 1. The average molecular weight is 550 g/mol. The van der Waals surface area contributed by atoms with Crippen molar-refractivity contribution >= 4 is 40.7 Å². The van der Waals surface area contributed by atoms with Gasteiger partial charge >= 0.3 is 6.03 Å². The minimum Gasteiger partial charge on any atom is -0.379 e. The Kier molecular flexibility index (Phi) is 6.41. The van der Waals surface area contributed by atoms with Crippen molar-refractivity contribution in [3.8, 4) is 21.8 Å².